The van der Waals surface area contributed by atoms with Gasteiger partial charge in [-0.25, -0.2) is 0 Å². The molecule has 48 valence electrons. The summed E-state index contributed by atoms with van der Waals surface area (Å²) in [5.74, 6) is 0. The van der Waals surface area contributed by atoms with Crippen LogP contribution in [0.3, 0.4) is 0 Å². The molecule has 0 aliphatic carbocycles. The normalized spacial score (nSPS) is 0. The van der Waals surface area contributed by atoms with Crippen LogP contribution in [-0.2, 0) is 0 Å². The monoisotopic (exact) mass is 326 g/mol. The molecule has 0 spiro atoms. The Balaban J connectivity index is 0. The number of hydrogen-bond acceptors (Lipinski definition) is 0. The van der Waals surface area contributed by atoms with Gasteiger partial charge in [-0.15, -0.1) is 49.6 Å². The van der Waals surface area contributed by atoms with Gasteiger partial charge >= 0.3 is 29.6 Å². The molecule has 0 radical (unpaired) electrons. The second-order valence-corrected chi connectivity index (χ2v) is 0. The van der Waals surface area contributed by atoms with Crippen molar-refractivity contribution in [3.05, 3.63) is 0 Å². The molecule has 0 saturated carbocycles. The molecule has 0 nitrogen and oxygen atoms in total. The average Bonchev–Trinajstić information content (AvgIpc) is 0. The molecule has 0 aliphatic heterocycles. The van der Waals surface area contributed by atoms with Gasteiger partial charge in [-0.05, 0) is 11.0 Å². The predicted octanol–water partition coefficient (Wildman–Crippen LogP) is -5.76. The second-order valence-electron chi connectivity index (χ2n) is 0. The maximum absolute atomic E-state index is 0. The quantitative estimate of drug-likeness (QED) is 0.307. The van der Waals surface area contributed by atoms with Crippen molar-refractivity contribution in [1.29, 1.82) is 0 Å². The van der Waals surface area contributed by atoms with E-state index in [0.717, 1.165) is 0 Å². The molecule has 0 amide bonds. The molecule has 0 fully saturated rings. The molecule has 0 unspecified atom stereocenters. The van der Waals surface area contributed by atoms with Crippen molar-refractivity contribution in [3.8, 4) is 0 Å². The van der Waals surface area contributed by atoms with E-state index in [2.05, 4.69) is 0 Å². The number of rotatable bonds is 0. The van der Waals surface area contributed by atoms with Crippen molar-refractivity contribution < 1.29 is 53.5 Å². The van der Waals surface area contributed by atoms with Crippen LogP contribution in [0.2, 0.25) is 0 Å². The third-order valence-corrected chi connectivity index (χ3v) is 0. The van der Waals surface area contributed by atoms with Gasteiger partial charge in [0.15, 0.2) is 0 Å². The van der Waals surface area contributed by atoms with Gasteiger partial charge in [0.2, 0.25) is 0 Å². The molecular weight excluding hydrogens is 320 g/mol. The van der Waals surface area contributed by atoms with E-state index in [1.165, 1.54) is 0 Å². The average molecular weight is 328 g/mol. The minimum Gasteiger partial charge on any atom is -1.00 e. The Morgan fingerprint density at radius 2 is 0.571 bits per heavy atom. The van der Waals surface area contributed by atoms with Crippen LogP contribution in [0.5, 0.6) is 0 Å². The fraction of sp³-hybridized carbons (Fsp3) is 0. The molecule has 0 aromatic carbocycles. The summed E-state index contributed by atoms with van der Waals surface area (Å²) in [6.07, 6.45) is 0. The molecule has 0 aliphatic rings. The summed E-state index contributed by atoms with van der Waals surface area (Å²) in [5, 5.41) is 0. The van der Waals surface area contributed by atoms with Crippen LogP contribution in [0, 0.1) is 0 Å². The van der Waals surface area contributed by atoms with Crippen LogP contribution >= 0.6 is 49.6 Å². The van der Waals surface area contributed by atoms with Crippen molar-refractivity contribution in [3.63, 3.8) is 0 Å². The Morgan fingerprint density at radius 1 is 0.571 bits per heavy atom. The molecular formula is H8Cl4INaSi. The summed E-state index contributed by atoms with van der Waals surface area (Å²) in [6.45, 7) is 0. The number of halogens is 5. The van der Waals surface area contributed by atoms with Crippen LogP contribution in [0.4, 0.5) is 0 Å². The fourth-order valence-electron chi connectivity index (χ4n) is 0. The Kier molecular flexibility index (Phi) is 769. The van der Waals surface area contributed by atoms with E-state index in [4.69, 9.17) is 0 Å². The van der Waals surface area contributed by atoms with Crippen molar-refractivity contribution in [1.82, 2.24) is 0 Å². The minimum atomic E-state index is 0. The van der Waals surface area contributed by atoms with Crippen LogP contribution in [-0.4, -0.2) is 11.0 Å². The molecule has 0 bridgehead atoms. The minimum absolute atomic E-state index is 0. The molecule has 0 heterocycles. The van der Waals surface area contributed by atoms with E-state index in [-0.39, 0.29) is 114 Å². The summed E-state index contributed by atoms with van der Waals surface area (Å²) in [7, 11) is 0. The molecule has 0 aromatic heterocycles. The van der Waals surface area contributed by atoms with Crippen LogP contribution in [0.15, 0.2) is 0 Å². The smallest absolute Gasteiger partial charge is 1.00 e. The van der Waals surface area contributed by atoms with Crippen molar-refractivity contribution in [2.75, 3.05) is 0 Å². The molecule has 7 heavy (non-hydrogen) atoms. The summed E-state index contributed by atoms with van der Waals surface area (Å²) < 4.78 is 0. The SMILES string of the molecule is Cl.Cl.Cl.Cl.[I-].[Na+].[SiH4]. The third-order valence-electron chi connectivity index (χ3n) is 0. The molecule has 0 atom stereocenters. The Bertz CT molecular complexity index is 11.7. The summed E-state index contributed by atoms with van der Waals surface area (Å²) >= 11 is 0. The summed E-state index contributed by atoms with van der Waals surface area (Å²) in [4.78, 5) is 0. The second kappa shape index (κ2) is 62.0. The first-order chi connectivity index (χ1) is 0. The Morgan fingerprint density at radius 3 is 0.571 bits per heavy atom. The molecule has 0 N–H and O–H groups in total. The van der Waals surface area contributed by atoms with Crippen molar-refractivity contribution >= 4 is 60.6 Å². The van der Waals surface area contributed by atoms with Gasteiger partial charge in [-0.2, -0.15) is 0 Å². The number of hydrogen-bond donors (Lipinski definition) is 0. The third kappa shape index (κ3) is 47.7. The molecule has 7 heteroatoms. The van der Waals surface area contributed by atoms with Gasteiger partial charge in [-0.1, -0.05) is 0 Å². The van der Waals surface area contributed by atoms with E-state index < -0.39 is 0 Å². The van der Waals surface area contributed by atoms with Crippen molar-refractivity contribution in [2.45, 2.75) is 0 Å². The molecule has 0 rings (SSSR count). The van der Waals surface area contributed by atoms with Gasteiger partial charge in [-0.3, -0.25) is 0 Å². The zero-order valence-electron chi connectivity index (χ0n) is 3.01. The zero-order chi connectivity index (χ0) is 0. The van der Waals surface area contributed by atoms with Gasteiger partial charge in [0.25, 0.3) is 0 Å². The van der Waals surface area contributed by atoms with Gasteiger partial charge in [0.1, 0.15) is 0 Å². The maximum atomic E-state index is 0. The molecule has 0 aromatic rings. The topological polar surface area (TPSA) is 0 Å². The summed E-state index contributed by atoms with van der Waals surface area (Å²) in [6, 6.07) is 0. The fourth-order valence-corrected chi connectivity index (χ4v) is 0. The Labute approximate surface area is 112 Å². The first-order valence-electron chi connectivity index (χ1n) is 0. The summed E-state index contributed by atoms with van der Waals surface area (Å²) in [5.41, 5.74) is 0. The molecule has 0 saturated heterocycles. The predicted molar refractivity (Wildman–Crippen MR) is 40.3 cm³/mol. The van der Waals surface area contributed by atoms with Crippen molar-refractivity contribution in [2.24, 2.45) is 0 Å². The van der Waals surface area contributed by atoms with Gasteiger partial charge in [0, 0.05) is 0 Å². The van der Waals surface area contributed by atoms with E-state index in [9.17, 15) is 0 Å². The van der Waals surface area contributed by atoms with Gasteiger partial charge < -0.3 is 24.0 Å². The Hall–Kier alpha value is 3.11. The van der Waals surface area contributed by atoms with Crippen LogP contribution in [0.1, 0.15) is 0 Å². The largest absolute Gasteiger partial charge is 1.00 e. The van der Waals surface area contributed by atoms with E-state index in [1.807, 2.05) is 0 Å². The maximum Gasteiger partial charge on any atom is 1.00 e. The van der Waals surface area contributed by atoms with E-state index >= 15 is 0 Å². The first-order valence-corrected chi connectivity index (χ1v) is 0. The standard InChI is InChI=1S/4ClH.HI.Na.H4Si/h5*1H;;1H4/q;;;;;+1;/p-1. The van der Waals surface area contributed by atoms with Crippen LogP contribution in [0.25, 0.3) is 0 Å². The first kappa shape index (κ1) is 86.8. The van der Waals surface area contributed by atoms with Crippen LogP contribution < -0.4 is 53.5 Å². The van der Waals surface area contributed by atoms with E-state index in [1.54, 1.807) is 0 Å². The zero-order valence-corrected chi connectivity index (χ0v) is 10.4. The van der Waals surface area contributed by atoms with Gasteiger partial charge in [0.05, 0.1) is 0 Å². The van der Waals surface area contributed by atoms with E-state index in [0.29, 0.717) is 0 Å².